The maximum atomic E-state index is 4.51. The van der Waals surface area contributed by atoms with Crippen LogP contribution in [-0.4, -0.2) is 31.5 Å². The van der Waals surface area contributed by atoms with Crippen LogP contribution in [0.15, 0.2) is 6.20 Å². The number of aryl methyl sites for hydroxylation is 2. The lowest BCUT2D eigenvalue weighted by molar-refractivity contribution is 0.631. The fraction of sp³-hybridized carbons (Fsp3) is 0.500. The zero-order chi connectivity index (χ0) is 13.1. The molecule has 0 aromatic carbocycles. The predicted molar refractivity (Wildman–Crippen MR) is 70.4 cm³/mol. The second-order valence-electron chi connectivity index (χ2n) is 4.06. The molecule has 0 aliphatic carbocycles. The molecule has 2 heterocycles. The monoisotopic (exact) mass is 246 g/mol. The number of nitrogens with one attached hydrogen (secondary N) is 1. The molecule has 2 rings (SSSR count). The van der Waals surface area contributed by atoms with Gasteiger partial charge >= 0.3 is 0 Å². The Bertz CT molecular complexity index is 545. The molecule has 6 nitrogen and oxygen atoms in total. The number of anilines is 1. The Labute approximate surface area is 106 Å². The third-order valence-corrected chi connectivity index (χ3v) is 2.76. The highest BCUT2D eigenvalue weighted by Crippen LogP contribution is 2.24. The van der Waals surface area contributed by atoms with E-state index in [9.17, 15) is 0 Å². The van der Waals surface area contributed by atoms with Gasteiger partial charge in [0.15, 0.2) is 0 Å². The Hall–Kier alpha value is -1.98. The summed E-state index contributed by atoms with van der Waals surface area (Å²) >= 11 is 0. The van der Waals surface area contributed by atoms with Gasteiger partial charge in [0, 0.05) is 18.7 Å². The Morgan fingerprint density at radius 2 is 2.00 bits per heavy atom. The van der Waals surface area contributed by atoms with E-state index >= 15 is 0 Å². The van der Waals surface area contributed by atoms with Gasteiger partial charge in [0.2, 0.25) is 0 Å². The lowest BCUT2D eigenvalue weighted by Gasteiger charge is -2.12. The molecule has 1 N–H and O–H groups in total. The number of hydrogen-bond acceptors (Lipinski definition) is 5. The first-order chi connectivity index (χ1) is 8.67. The first-order valence-corrected chi connectivity index (χ1v) is 6.15. The molecule has 2 aromatic rings. The highest BCUT2D eigenvalue weighted by atomic mass is 15.4. The van der Waals surface area contributed by atoms with Gasteiger partial charge in [0.05, 0.1) is 11.9 Å². The minimum atomic E-state index is 0.746. The van der Waals surface area contributed by atoms with Crippen molar-refractivity contribution in [3.8, 4) is 11.4 Å². The minimum Gasteiger partial charge on any atom is -0.370 e. The molecular formula is C12H18N6. The summed E-state index contributed by atoms with van der Waals surface area (Å²) in [6.07, 6.45) is 1.74. The standard InChI is InChI=1S/C12H18N6/c1-5-13-12-8(3)11(15-9(4)16-12)10-7-14-17-18(10)6-2/h7H,5-6H2,1-4H3,(H,13,15,16). The topological polar surface area (TPSA) is 68.5 Å². The van der Waals surface area contributed by atoms with Crippen LogP contribution < -0.4 is 5.32 Å². The molecule has 0 unspecified atom stereocenters. The molecular weight excluding hydrogens is 228 g/mol. The molecule has 0 aliphatic rings. The van der Waals surface area contributed by atoms with Crippen LogP contribution in [0.4, 0.5) is 5.82 Å². The second-order valence-corrected chi connectivity index (χ2v) is 4.06. The van der Waals surface area contributed by atoms with Crippen molar-refractivity contribution in [2.45, 2.75) is 34.2 Å². The molecule has 0 atom stereocenters. The van der Waals surface area contributed by atoms with Crippen molar-refractivity contribution in [2.75, 3.05) is 11.9 Å². The molecule has 96 valence electrons. The van der Waals surface area contributed by atoms with E-state index in [2.05, 4.69) is 32.5 Å². The van der Waals surface area contributed by atoms with Crippen molar-refractivity contribution in [3.63, 3.8) is 0 Å². The fourth-order valence-corrected chi connectivity index (χ4v) is 1.89. The van der Waals surface area contributed by atoms with Crippen LogP contribution in [0.25, 0.3) is 11.4 Å². The molecule has 2 aromatic heterocycles. The summed E-state index contributed by atoms with van der Waals surface area (Å²) in [5.41, 5.74) is 2.85. The van der Waals surface area contributed by atoms with Gasteiger partial charge in [-0.15, -0.1) is 5.10 Å². The zero-order valence-corrected chi connectivity index (χ0v) is 11.2. The van der Waals surface area contributed by atoms with Crippen LogP contribution in [0, 0.1) is 13.8 Å². The van der Waals surface area contributed by atoms with Crippen LogP contribution in [0.2, 0.25) is 0 Å². The van der Waals surface area contributed by atoms with E-state index in [1.54, 1.807) is 6.20 Å². The van der Waals surface area contributed by atoms with Gasteiger partial charge in [-0.05, 0) is 27.7 Å². The van der Waals surface area contributed by atoms with E-state index in [1.165, 1.54) is 0 Å². The number of rotatable bonds is 4. The van der Waals surface area contributed by atoms with E-state index in [-0.39, 0.29) is 0 Å². The van der Waals surface area contributed by atoms with Gasteiger partial charge in [-0.1, -0.05) is 5.21 Å². The molecule has 0 saturated heterocycles. The molecule has 6 heteroatoms. The van der Waals surface area contributed by atoms with E-state index < -0.39 is 0 Å². The summed E-state index contributed by atoms with van der Waals surface area (Å²) in [6, 6.07) is 0. The molecule has 0 amide bonds. The third kappa shape index (κ3) is 2.18. The van der Waals surface area contributed by atoms with Gasteiger partial charge < -0.3 is 5.32 Å². The number of hydrogen-bond donors (Lipinski definition) is 1. The Morgan fingerprint density at radius 1 is 1.22 bits per heavy atom. The van der Waals surface area contributed by atoms with Crippen molar-refractivity contribution in [2.24, 2.45) is 0 Å². The smallest absolute Gasteiger partial charge is 0.133 e. The summed E-state index contributed by atoms with van der Waals surface area (Å²) in [5, 5.41) is 11.2. The van der Waals surface area contributed by atoms with E-state index in [4.69, 9.17) is 0 Å². The summed E-state index contributed by atoms with van der Waals surface area (Å²) in [5.74, 6) is 1.62. The summed E-state index contributed by atoms with van der Waals surface area (Å²) in [4.78, 5) is 8.93. The van der Waals surface area contributed by atoms with Crippen molar-refractivity contribution >= 4 is 5.82 Å². The minimum absolute atomic E-state index is 0.746. The second kappa shape index (κ2) is 5.12. The van der Waals surface area contributed by atoms with Crippen LogP contribution in [0.5, 0.6) is 0 Å². The number of nitrogens with zero attached hydrogens (tertiary/aromatic N) is 5. The molecule has 0 bridgehead atoms. The van der Waals surface area contributed by atoms with Gasteiger partial charge in [-0.2, -0.15) is 0 Å². The van der Waals surface area contributed by atoms with Gasteiger partial charge in [-0.25, -0.2) is 14.6 Å². The summed E-state index contributed by atoms with van der Waals surface area (Å²) in [7, 11) is 0. The van der Waals surface area contributed by atoms with Crippen LogP contribution >= 0.6 is 0 Å². The average molecular weight is 246 g/mol. The molecule has 18 heavy (non-hydrogen) atoms. The maximum Gasteiger partial charge on any atom is 0.133 e. The highest BCUT2D eigenvalue weighted by Gasteiger charge is 2.14. The van der Waals surface area contributed by atoms with Gasteiger partial charge in [-0.3, -0.25) is 0 Å². The van der Waals surface area contributed by atoms with Gasteiger partial charge in [0.25, 0.3) is 0 Å². The van der Waals surface area contributed by atoms with Crippen molar-refractivity contribution in [1.82, 2.24) is 25.0 Å². The lowest BCUT2D eigenvalue weighted by Crippen LogP contribution is -2.08. The maximum absolute atomic E-state index is 4.51. The first kappa shape index (κ1) is 12.5. The average Bonchev–Trinajstić information content (AvgIpc) is 2.81. The largest absolute Gasteiger partial charge is 0.370 e. The molecule has 0 aliphatic heterocycles. The lowest BCUT2D eigenvalue weighted by atomic mass is 10.2. The van der Waals surface area contributed by atoms with E-state index in [1.807, 2.05) is 25.5 Å². The number of aromatic nitrogens is 5. The first-order valence-electron chi connectivity index (χ1n) is 6.15. The molecule has 0 saturated carbocycles. The Balaban J connectivity index is 2.57. The van der Waals surface area contributed by atoms with Crippen LogP contribution in [0.3, 0.4) is 0 Å². The van der Waals surface area contributed by atoms with Crippen LogP contribution in [-0.2, 0) is 6.54 Å². The Kier molecular flexibility index (Phi) is 3.55. The van der Waals surface area contributed by atoms with Crippen molar-refractivity contribution < 1.29 is 0 Å². The fourth-order valence-electron chi connectivity index (χ4n) is 1.89. The normalized spacial score (nSPS) is 10.7. The molecule has 0 fully saturated rings. The van der Waals surface area contributed by atoms with Crippen LogP contribution in [0.1, 0.15) is 25.2 Å². The summed E-state index contributed by atoms with van der Waals surface area (Å²) < 4.78 is 1.84. The molecule has 0 spiro atoms. The third-order valence-electron chi connectivity index (χ3n) is 2.76. The van der Waals surface area contributed by atoms with E-state index in [0.29, 0.717) is 0 Å². The van der Waals surface area contributed by atoms with Crippen molar-refractivity contribution in [1.29, 1.82) is 0 Å². The SMILES string of the molecule is CCNc1nc(C)nc(-c2cnnn2CC)c1C. The van der Waals surface area contributed by atoms with E-state index in [0.717, 1.165) is 41.7 Å². The Morgan fingerprint density at radius 3 is 2.67 bits per heavy atom. The molecule has 0 radical (unpaired) electrons. The van der Waals surface area contributed by atoms with Gasteiger partial charge in [0.1, 0.15) is 17.3 Å². The predicted octanol–water partition coefficient (Wildman–Crippen LogP) is 1.80. The zero-order valence-electron chi connectivity index (χ0n) is 11.2. The summed E-state index contributed by atoms with van der Waals surface area (Å²) in [6.45, 7) is 9.60. The van der Waals surface area contributed by atoms with Crippen molar-refractivity contribution in [3.05, 3.63) is 17.6 Å². The highest BCUT2D eigenvalue weighted by molar-refractivity contribution is 5.64. The quantitative estimate of drug-likeness (QED) is 0.891.